The Balaban J connectivity index is 2.04. The van der Waals surface area contributed by atoms with E-state index in [2.05, 4.69) is 5.32 Å². The molecule has 51 valence electrons. The van der Waals surface area contributed by atoms with E-state index in [1.165, 1.54) is 19.3 Å². The Kier molecular flexibility index (Phi) is 1.24. The molecular formula is C7H12NO. The van der Waals surface area contributed by atoms with Crippen molar-refractivity contribution in [3.63, 3.8) is 0 Å². The fraction of sp³-hybridized carbons (Fsp3) is 1.00. The molecule has 0 bridgehead atoms. The number of ether oxygens (including phenoxy) is 1. The van der Waals surface area contributed by atoms with Crippen molar-refractivity contribution in [1.29, 1.82) is 0 Å². The lowest BCUT2D eigenvalue weighted by Crippen LogP contribution is -2.34. The van der Waals surface area contributed by atoms with Crippen LogP contribution in [0, 0.1) is 0 Å². The molecule has 2 nitrogen and oxygen atoms in total. The second-order valence-corrected chi connectivity index (χ2v) is 3.01. The minimum absolute atomic E-state index is 0.292. The molecular weight excluding hydrogens is 114 g/mol. The molecule has 2 saturated heterocycles. The van der Waals surface area contributed by atoms with E-state index in [1.54, 1.807) is 0 Å². The minimum Gasteiger partial charge on any atom is -0.379 e. The van der Waals surface area contributed by atoms with Gasteiger partial charge >= 0.3 is 0 Å². The van der Waals surface area contributed by atoms with Crippen LogP contribution in [0.5, 0.6) is 0 Å². The Morgan fingerprint density at radius 1 is 1.33 bits per heavy atom. The van der Waals surface area contributed by atoms with Crippen molar-refractivity contribution in [2.45, 2.75) is 24.8 Å². The zero-order valence-corrected chi connectivity index (χ0v) is 5.60. The van der Waals surface area contributed by atoms with E-state index >= 15 is 0 Å². The lowest BCUT2D eigenvalue weighted by Gasteiger charge is -2.17. The summed E-state index contributed by atoms with van der Waals surface area (Å²) in [5.41, 5.74) is 0.292. The number of rotatable bonds is 0. The quantitative estimate of drug-likeness (QED) is 0.464. The zero-order valence-electron chi connectivity index (χ0n) is 5.60. The topological polar surface area (TPSA) is 23.3 Å². The summed E-state index contributed by atoms with van der Waals surface area (Å²) in [6.45, 7) is 2.90. The van der Waals surface area contributed by atoms with E-state index < -0.39 is 0 Å². The molecule has 0 aliphatic carbocycles. The molecule has 2 aliphatic heterocycles. The van der Waals surface area contributed by atoms with Crippen LogP contribution in [-0.2, 0) is 4.74 Å². The van der Waals surface area contributed by atoms with E-state index in [0.717, 1.165) is 19.8 Å². The van der Waals surface area contributed by atoms with Gasteiger partial charge in [-0.15, -0.1) is 0 Å². The first-order valence-electron chi connectivity index (χ1n) is 3.68. The van der Waals surface area contributed by atoms with Gasteiger partial charge in [0.15, 0.2) is 0 Å². The molecule has 0 saturated carbocycles. The highest BCUT2D eigenvalue weighted by atomic mass is 16.5. The second kappa shape index (κ2) is 1.96. The average molecular weight is 126 g/mol. The molecule has 1 radical (unpaired) electrons. The fourth-order valence-electron chi connectivity index (χ4n) is 1.72. The van der Waals surface area contributed by atoms with Crippen molar-refractivity contribution >= 4 is 0 Å². The van der Waals surface area contributed by atoms with Crippen molar-refractivity contribution < 1.29 is 4.74 Å². The lowest BCUT2D eigenvalue weighted by atomic mass is 9.97. The predicted molar refractivity (Wildman–Crippen MR) is 34.4 cm³/mol. The Hall–Kier alpha value is -0.0800. The van der Waals surface area contributed by atoms with Crippen LogP contribution in [0.2, 0.25) is 0 Å². The normalized spacial score (nSPS) is 42.7. The Bertz CT molecular complexity index is 84.0. The molecule has 0 amide bonds. The van der Waals surface area contributed by atoms with Crippen LogP contribution in [-0.4, -0.2) is 25.3 Å². The summed E-state index contributed by atoms with van der Waals surface area (Å²) in [5, 5.41) is 4.54. The predicted octanol–water partition coefficient (Wildman–Crippen LogP) is 0.544. The van der Waals surface area contributed by atoms with E-state index in [4.69, 9.17) is 4.74 Å². The zero-order chi connectivity index (χ0) is 6.16. The maximum atomic E-state index is 5.29. The maximum Gasteiger partial charge on any atom is 0.0665 e. The maximum absolute atomic E-state index is 5.29. The van der Waals surface area contributed by atoms with Crippen LogP contribution in [0.25, 0.3) is 0 Å². The van der Waals surface area contributed by atoms with Gasteiger partial charge in [0.25, 0.3) is 0 Å². The van der Waals surface area contributed by atoms with Crippen LogP contribution in [0.1, 0.15) is 19.3 Å². The molecule has 2 heteroatoms. The SMILES string of the molecule is C1C[N]C2(C1)CCOC2. The highest BCUT2D eigenvalue weighted by molar-refractivity contribution is 4.95. The monoisotopic (exact) mass is 126 g/mol. The molecule has 0 aromatic rings. The van der Waals surface area contributed by atoms with Crippen molar-refractivity contribution in [3.8, 4) is 0 Å². The van der Waals surface area contributed by atoms with Gasteiger partial charge in [0.1, 0.15) is 0 Å². The first-order valence-corrected chi connectivity index (χ1v) is 3.68. The first-order chi connectivity index (χ1) is 4.41. The Morgan fingerprint density at radius 3 is 2.89 bits per heavy atom. The Labute approximate surface area is 55.6 Å². The highest BCUT2D eigenvalue weighted by Gasteiger charge is 2.38. The molecule has 2 fully saturated rings. The molecule has 9 heavy (non-hydrogen) atoms. The second-order valence-electron chi connectivity index (χ2n) is 3.01. The standard InChI is InChI=1S/C7H12NO/c1-2-7(8-4-1)3-5-9-6-7/h1-6H2. The summed E-state index contributed by atoms with van der Waals surface area (Å²) >= 11 is 0. The largest absolute Gasteiger partial charge is 0.379 e. The van der Waals surface area contributed by atoms with Gasteiger partial charge in [0.2, 0.25) is 0 Å². The van der Waals surface area contributed by atoms with Gasteiger partial charge in [0.05, 0.1) is 12.1 Å². The first kappa shape index (κ1) is 5.69. The van der Waals surface area contributed by atoms with Gasteiger partial charge in [-0.2, -0.15) is 0 Å². The van der Waals surface area contributed by atoms with E-state index in [0.29, 0.717) is 5.54 Å². The fourth-order valence-corrected chi connectivity index (χ4v) is 1.72. The summed E-state index contributed by atoms with van der Waals surface area (Å²) < 4.78 is 5.29. The van der Waals surface area contributed by atoms with Crippen LogP contribution in [0.4, 0.5) is 0 Å². The minimum atomic E-state index is 0.292. The number of hydrogen-bond acceptors (Lipinski definition) is 1. The summed E-state index contributed by atoms with van der Waals surface area (Å²) in [6.07, 6.45) is 3.73. The molecule has 0 aromatic heterocycles. The summed E-state index contributed by atoms with van der Waals surface area (Å²) in [4.78, 5) is 0. The third-order valence-electron chi connectivity index (χ3n) is 2.33. The van der Waals surface area contributed by atoms with Gasteiger partial charge in [-0.05, 0) is 19.3 Å². The third kappa shape index (κ3) is 0.864. The van der Waals surface area contributed by atoms with Crippen LogP contribution in [0.15, 0.2) is 0 Å². The van der Waals surface area contributed by atoms with Crippen LogP contribution < -0.4 is 5.32 Å². The van der Waals surface area contributed by atoms with E-state index in [1.807, 2.05) is 0 Å². The molecule has 2 rings (SSSR count). The summed E-state index contributed by atoms with van der Waals surface area (Å²) in [7, 11) is 0. The molecule has 2 heterocycles. The van der Waals surface area contributed by atoms with Crippen molar-refractivity contribution in [2.75, 3.05) is 19.8 Å². The highest BCUT2D eigenvalue weighted by Crippen LogP contribution is 2.29. The van der Waals surface area contributed by atoms with Crippen molar-refractivity contribution in [1.82, 2.24) is 5.32 Å². The molecule has 0 aromatic carbocycles. The van der Waals surface area contributed by atoms with Crippen molar-refractivity contribution in [2.24, 2.45) is 0 Å². The van der Waals surface area contributed by atoms with Gasteiger partial charge in [-0.3, -0.25) is 0 Å². The van der Waals surface area contributed by atoms with Crippen molar-refractivity contribution in [3.05, 3.63) is 0 Å². The number of hydrogen-bond donors (Lipinski definition) is 0. The van der Waals surface area contributed by atoms with Gasteiger partial charge in [0, 0.05) is 13.2 Å². The Morgan fingerprint density at radius 2 is 2.33 bits per heavy atom. The molecule has 0 N–H and O–H groups in total. The van der Waals surface area contributed by atoms with E-state index in [9.17, 15) is 0 Å². The van der Waals surface area contributed by atoms with Gasteiger partial charge < -0.3 is 4.74 Å². The van der Waals surface area contributed by atoms with Gasteiger partial charge in [-0.1, -0.05) is 0 Å². The van der Waals surface area contributed by atoms with Gasteiger partial charge in [-0.25, -0.2) is 5.32 Å². The average Bonchev–Trinajstić information content (AvgIpc) is 2.45. The lowest BCUT2D eigenvalue weighted by molar-refractivity contribution is 0.172. The summed E-state index contributed by atoms with van der Waals surface area (Å²) in [5.74, 6) is 0. The molecule has 2 aliphatic rings. The molecule has 1 atom stereocenters. The van der Waals surface area contributed by atoms with Crippen LogP contribution in [0.3, 0.4) is 0 Å². The van der Waals surface area contributed by atoms with E-state index in [-0.39, 0.29) is 0 Å². The smallest absolute Gasteiger partial charge is 0.0665 e. The molecule has 1 unspecified atom stereocenters. The number of nitrogens with zero attached hydrogens (tertiary/aromatic N) is 1. The van der Waals surface area contributed by atoms with Crippen LogP contribution >= 0.6 is 0 Å². The third-order valence-corrected chi connectivity index (χ3v) is 2.33. The molecule has 1 spiro atoms. The summed E-state index contributed by atoms with van der Waals surface area (Å²) in [6, 6.07) is 0.